The standard InChI is InChI=1S/C15H21N5O2/c21-20(22)14-13-7-2-5-12-19(13)17-15(14)16-8-6-11-18-9-3-1-4-10-18/h2,5,7,12H,1,3-4,6,8-11H2,(H,16,17). The summed E-state index contributed by atoms with van der Waals surface area (Å²) in [5, 5.41) is 18.7. The van der Waals surface area contributed by atoms with E-state index < -0.39 is 0 Å². The first-order chi connectivity index (χ1) is 10.8. The summed E-state index contributed by atoms with van der Waals surface area (Å²) < 4.78 is 1.55. The van der Waals surface area contributed by atoms with Crippen LogP contribution in [0.3, 0.4) is 0 Å². The Morgan fingerprint density at radius 1 is 1.27 bits per heavy atom. The highest BCUT2D eigenvalue weighted by atomic mass is 16.6. The normalized spacial score (nSPS) is 16.0. The van der Waals surface area contributed by atoms with Gasteiger partial charge in [-0.25, -0.2) is 4.52 Å². The summed E-state index contributed by atoms with van der Waals surface area (Å²) in [5.74, 6) is 0.356. The summed E-state index contributed by atoms with van der Waals surface area (Å²) in [4.78, 5) is 13.4. The van der Waals surface area contributed by atoms with Crippen LogP contribution < -0.4 is 5.32 Å². The lowest BCUT2D eigenvalue weighted by Crippen LogP contribution is -2.31. The number of piperidine rings is 1. The topological polar surface area (TPSA) is 75.7 Å². The number of nitrogens with zero attached hydrogens (tertiary/aromatic N) is 4. The van der Waals surface area contributed by atoms with Crippen molar-refractivity contribution in [1.82, 2.24) is 14.5 Å². The van der Waals surface area contributed by atoms with Gasteiger partial charge in [0.1, 0.15) is 5.52 Å². The van der Waals surface area contributed by atoms with Crippen molar-refractivity contribution in [3.8, 4) is 0 Å². The zero-order chi connectivity index (χ0) is 15.4. The van der Waals surface area contributed by atoms with Crippen molar-refractivity contribution < 1.29 is 4.92 Å². The van der Waals surface area contributed by atoms with Gasteiger partial charge in [-0.1, -0.05) is 12.5 Å². The fourth-order valence-corrected chi connectivity index (χ4v) is 2.98. The Bertz CT molecular complexity index is 648. The Balaban J connectivity index is 1.61. The minimum atomic E-state index is -0.366. The van der Waals surface area contributed by atoms with Crippen molar-refractivity contribution >= 4 is 17.0 Å². The van der Waals surface area contributed by atoms with E-state index >= 15 is 0 Å². The van der Waals surface area contributed by atoms with Gasteiger partial charge in [0.05, 0.1) is 4.92 Å². The zero-order valence-electron chi connectivity index (χ0n) is 12.6. The number of nitro groups is 1. The Morgan fingerprint density at radius 3 is 2.86 bits per heavy atom. The van der Waals surface area contributed by atoms with Gasteiger partial charge in [0.2, 0.25) is 5.82 Å². The summed E-state index contributed by atoms with van der Waals surface area (Å²) in [6.45, 7) is 4.08. The van der Waals surface area contributed by atoms with Crippen LogP contribution in [0.2, 0.25) is 0 Å². The molecule has 1 saturated heterocycles. The molecule has 1 N–H and O–H groups in total. The molecule has 0 aromatic carbocycles. The summed E-state index contributed by atoms with van der Waals surface area (Å²) >= 11 is 0. The molecule has 2 aromatic rings. The highest BCUT2D eigenvalue weighted by Gasteiger charge is 2.22. The average Bonchev–Trinajstić information content (AvgIpc) is 2.91. The molecule has 1 fully saturated rings. The number of aromatic nitrogens is 2. The SMILES string of the molecule is O=[N+]([O-])c1c(NCCCN2CCCCC2)nn2ccccc12. The number of fused-ring (bicyclic) bond motifs is 1. The monoisotopic (exact) mass is 303 g/mol. The maximum absolute atomic E-state index is 11.3. The van der Waals surface area contributed by atoms with E-state index in [9.17, 15) is 10.1 Å². The smallest absolute Gasteiger partial charge is 0.338 e. The Kier molecular flexibility index (Phi) is 4.53. The number of likely N-dealkylation sites (tertiary alicyclic amines) is 1. The van der Waals surface area contributed by atoms with E-state index in [4.69, 9.17) is 0 Å². The molecule has 0 bridgehead atoms. The van der Waals surface area contributed by atoms with Gasteiger partial charge in [-0.15, -0.1) is 5.10 Å². The number of rotatable bonds is 6. The van der Waals surface area contributed by atoms with E-state index in [1.165, 1.54) is 32.4 Å². The molecule has 1 aliphatic rings. The number of hydrogen-bond acceptors (Lipinski definition) is 5. The van der Waals surface area contributed by atoms with Gasteiger partial charge in [0.25, 0.3) is 0 Å². The third kappa shape index (κ3) is 3.19. The van der Waals surface area contributed by atoms with Gasteiger partial charge in [0.15, 0.2) is 0 Å². The molecule has 1 aliphatic heterocycles. The van der Waals surface area contributed by atoms with Crippen molar-refractivity contribution in [1.29, 1.82) is 0 Å². The van der Waals surface area contributed by atoms with Gasteiger partial charge in [0, 0.05) is 12.7 Å². The zero-order valence-corrected chi connectivity index (χ0v) is 12.6. The lowest BCUT2D eigenvalue weighted by atomic mass is 10.1. The number of anilines is 1. The van der Waals surface area contributed by atoms with Crippen LogP contribution in [-0.4, -0.2) is 45.6 Å². The van der Waals surface area contributed by atoms with E-state index in [0.717, 1.165) is 13.0 Å². The van der Waals surface area contributed by atoms with Gasteiger partial charge in [-0.2, -0.15) is 0 Å². The van der Waals surface area contributed by atoms with Crippen LogP contribution in [0, 0.1) is 10.1 Å². The first kappa shape index (κ1) is 14.8. The van der Waals surface area contributed by atoms with Crippen LogP contribution in [0.25, 0.3) is 5.52 Å². The van der Waals surface area contributed by atoms with Crippen molar-refractivity contribution in [3.05, 3.63) is 34.5 Å². The predicted molar refractivity (Wildman–Crippen MR) is 85.2 cm³/mol. The summed E-state index contributed by atoms with van der Waals surface area (Å²) in [6.07, 6.45) is 6.59. The molecule has 2 aromatic heterocycles. The summed E-state index contributed by atoms with van der Waals surface area (Å²) in [5.41, 5.74) is 0.574. The molecular weight excluding hydrogens is 282 g/mol. The molecule has 0 amide bonds. The second-order valence-electron chi connectivity index (χ2n) is 5.67. The maximum atomic E-state index is 11.3. The number of pyridine rings is 1. The van der Waals surface area contributed by atoms with Gasteiger partial charge in [-0.3, -0.25) is 10.1 Å². The molecule has 3 heterocycles. The Labute approximate surface area is 129 Å². The van der Waals surface area contributed by atoms with E-state index in [1.54, 1.807) is 22.8 Å². The lowest BCUT2D eigenvalue weighted by Gasteiger charge is -2.26. The van der Waals surface area contributed by atoms with Crippen molar-refractivity contribution in [2.24, 2.45) is 0 Å². The predicted octanol–water partition coefficient (Wildman–Crippen LogP) is 2.53. The van der Waals surface area contributed by atoms with Crippen molar-refractivity contribution in [3.63, 3.8) is 0 Å². The highest BCUT2D eigenvalue weighted by Crippen LogP contribution is 2.28. The summed E-state index contributed by atoms with van der Waals surface area (Å²) in [6, 6.07) is 5.30. The van der Waals surface area contributed by atoms with Crippen LogP contribution in [0.15, 0.2) is 24.4 Å². The molecule has 7 nitrogen and oxygen atoms in total. The average molecular weight is 303 g/mol. The fourth-order valence-electron chi connectivity index (χ4n) is 2.98. The minimum Gasteiger partial charge on any atom is -0.363 e. The third-order valence-corrected chi connectivity index (χ3v) is 4.09. The quantitative estimate of drug-likeness (QED) is 0.504. The highest BCUT2D eigenvalue weighted by molar-refractivity contribution is 5.76. The molecule has 3 rings (SSSR count). The molecule has 0 radical (unpaired) electrons. The molecule has 118 valence electrons. The van der Waals surface area contributed by atoms with Gasteiger partial charge < -0.3 is 10.2 Å². The number of hydrogen-bond donors (Lipinski definition) is 1. The third-order valence-electron chi connectivity index (χ3n) is 4.09. The van der Waals surface area contributed by atoms with Crippen LogP contribution >= 0.6 is 0 Å². The lowest BCUT2D eigenvalue weighted by molar-refractivity contribution is -0.382. The van der Waals surface area contributed by atoms with Crippen LogP contribution in [0.5, 0.6) is 0 Å². The molecule has 7 heteroatoms. The van der Waals surface area contributed by atoms with Crippen LogP contribution in [0.4, 0.5) is 11.5 Å². The molecule has 0 atom stereocenters. The molecule has 0 unspecified atom stereocenters. The minimum absolute atomic E-state index is 0.0542. The Morgan fingerprint density at radius 2 is 2.09 bits per heavy atom. The molecule has 0 aliphatic carbocycles. The summed E-state index contributed by atoms with van der Waals surface area (Å²) in [7, 11) is 0. The largest absolute Gasteiger partial charge is 0.363 e. The first-order valence-corrected chi connectivity index (χ1v) is 7.84. The van der Waals surface area contributed by atoms with E-state index in [-0.39, 0.29) is 10.6 Å². The molecule has 22 heavy (non-hydrogen) atoms. The van der Waals surface area contributed by atoms with Crippen LogP contribution in [-0.2, 0) is 0 Å². The van der Waals surface area contributed by atoms with Crippen LogP contribution in [0.1, 0.15) is 25.7 Å². The van der Waals surface area contributed by atoms with E-state index in [1.807, 2.05) is 6.07 Å². The van der Waals surface area contributed by atoms with Gasteiger partial charge >= 0.3 is 5.69 Å². The van der Waals surface area contributed by atoms with E-state index in [2.05, 4.69) is 15.3 Å². The Hall–Kier alpha value is -2.15. The van der Waals surface area contributed by atoms with Gasteiger partial charge in [-0.05, 0) is 51.0 Å². The molecular formula is C15H21N5O2. The first-order valence-electron chi connectivity index (χ1n) is 7.84. The van der Waals surface area contributed by atoms with Crippen molar-refractivity contribution in [2.45, 2.75) is 25.7 Å². The number of nitrogens with one attached hydrogen (secondary N) is 1. The molecule has 0 spiro atoms. The molecule has 0 saturated carbocycles. The second-order valence-corrected chi connectivity index (χ2v) is 5.67. The fraction of sp³-hybridized carbons (Fsp3) is 0.533. The second kappa shape index (κ2) is 6.74. The van der Waals surface area contributed by atoms with E-state index in [0.29, 0.717) is 17.9 Å². The van der Waals surface area contributed by atoms with Crippen molar-refractivity contribution in [2.75, 3.05) is 31.5 Å². The maximum Gasteiger partial charge on any atom is 0.338 e.